The van der Waals surface area contributed by atoms with Crippen molar-refractivity contribution in [1.82, 2.24) is 24.5 Å². The molecule has 0 radical (unpaired) electrons. The van der Waals surface area contributed by atoms with Gasteiger partial charge in [-0.2, -0.15) is 5.10 Å². The van der Waals surface area contributed by atoms with Gasteiger partial charge < -0.3 is 14.7 Å². The summed E-state index contributed by atoms with van der Waals surface area (Å²) in [4.78, 5) is 10.9. The maximum absolute atomic E-state index is 4.72. The van der Waals surface area contributed by atoms with Crippen LogP contribution in [0, 0.1) is 0 Å². The second kappa shape index (κ2) is 6.56. The number of aryl methyl sites for hydroxylation is 1. The van der Waals surface area contributed by atoms with Crippen LogP contribution in [-0.2, 0) is 7.05 Å². The van der Waals surface area contributed by atoms with Crippen LogP contribution in [0.3, 0.4) is 0 Å². The van der Waals surface area contributed by atoms with Crippen molar-refractivity contribution in [3.8, 4) is 0 Å². The molecule has 0 amide bonds. The van der Waals surface area contributed by atoms with Crippen LogP contribution in [0.4, 0.5) is 0 Å². The Labute approximate surface area is 116 Å². The molecule has 6 heteroatoms. The minimum absolute atomic E-state index is 0.239. The third-order valence-corrected chi connectivity index (χ3v) is 2.94. The molecule has 0 aromatic carbocycles. The summed E-state index contributed by atoms with van der Waals surface area (Å²) < 4.78 is 1.83. The molecule has 0 N–H and O–H groups in total. The van der Waals surface area contributed by atoms with Gasteiger partial charge in [0.25, 0.3) is 0 Å². The normalized spacial score (nSPS) is 12.4. The highest BCUT2D eigenvalue weighted by atomic mass is 15.3. The topological polar surface area (TPSA) is 39.9 Å². The van der Waals surface area contributed by atoms with Crippen LogP contribution >= 0.6 is 0 Å². The highest BCUT2D eigenvalue weighted by Gasteiger charge is 2.16. The summed E-state index contributed by atoms with van der Waals surface area (Å²) in [6.45, 7) is 0.713. The SMILES string of the molecule is CN(C)C(=NCC(c1cnn(C)c1)N(C)C)N(C)C. The third kappa shape index (κ3) is 4.24. The van der Waals surface area contributed by atoms with Crippen LogP contribution in [0.25, 0.3) is 0 Å². The summed E-state index contributed by atoms with van der Waals surface area (Å²) >= 11 is 0. The van der Waals surface area contributed by atoms with Gasteiger partial charge in [0, 0.05) is 47.0 Å². The molecule has 1 unspecified atom stereocenters. The van der Waals surface area contributed by atoms with Gasteiger partial charge in [-0.15, -0.1) is 0 Å². The van der Waals surface area contributed by atoms with Gasteiger partial charge in [-0.1, -0.05) is 0 Å². The second-order valence-corrected chi connectivity index (χ2v) is 5.36. The maximum atomic E-state index is 4.72. The first kappa shape index (κ1) is 15.5. The Bertz CT molecular complexity index is 409. The third-order valence-electron chi connectivity index (χ3n) is 2.94. The predicted molar refractivity (Wildman–Crippen MR) is 79.3 cm³/mol. The largest absolute Gasteiger partial charge is 0.349 e. The lowest BCUT2D eigenvalue weighted by atomic mass is 10.1. The molecule has 19 heavy (non-hydrogen) atoms. The monoisotopic (exact) mass is 266 g/mol. The van der Waals surface area contributed by atoms with Crippen molar-refractivity contribution in [1.29, 1.82) is 0 Å². The van der Waals surface area contributed by atoms with E-state index in [0.717, 1.165) is 5.96 Å². The molecule has 0 fully saturated rings. The van der Waals surface area contributed by atoms with Gasteiger partial charge in [0.15, 0.2) is 5.96 Å². The van der Waals surface area contributed by atoms with Crippen molar-refractivity contribution in [2.75, 3.05) is 48.8 Å². The number of nitrogens with zero attached hydrogens (tertiary/aromatic N) is 6. The molecule has 1 aromatic heterocycles. The first-order chi connectivity index (χ1) is 8.82. The van der Waals surface area contributed by atoms with E-state index in [0.29, 0.717) is 6.54 Å². The zero-order valence-corrected chi connectivity index (χ0v) is 13.1. The summed E-state index contributed by atoms with van der Waals surface area (Å²) in [7, 11) is 14.1. The Morgan fingerprint density at radius 1 is 1.21 bits per heavy atom. The summed E-state index contributed by atoms with van der Waals surface area (Å²) in [6, 6.07) is 0.239. The Hall–Kier alpha value is -1.56. The molecule has 1 rings (SSSR count). The number of hydrogen-bond donors (Lipinski definition) is 0. The molecule has 108 valence electrons. The standard InChI is InChI=1S/C13H26N6/c1-16(2)12(11-8-15-19(7)10-11)9-14-13(17(3)4)18(5)6/h8,10,12H,9H2,1-7H3. The Balaban J connectivity index is 2.88. The maximum Gasteiger partial charge on any atom is 0.195 e. The lowest BCUT2D eigenvalue weighted by molar-refractivity contribution is 0.304. The molecule has 0 saturated carbocycles. The average Bonchev–Trinajstić information content (AvgIpc) is 2.69. The number of rotatable bonds is 4. The van der Waals surface area contributed by atoms with E-state index in [9.17, 15) is 0 Å². The van der Waals surface area contributed by atoms with Gasteiger partial charge in [-0.25, -0.2) is 0 Å². The van der Waals surface area contributed by atoms with E-state index >= 15 is 0 Å². The number of likely N-dealkylation sites (N-methyl/N-ethyl adjacent to an activating group) is 1. The molecule has 1 aromatic rings. The van der Waals surface area contributed by atoms with E-state index in [1.165, 1.54) is 5.56 Å². The number of aliphatic imine (C=N–C) groups is 1. The number of guanidine groups is 1. The van der Waals surface area contributed by atoms with Crippen LogP contribution in [0.5, 0.6) is 0 Å². The molecule has 0 aliphatic heterocycles. The first-order valence-corrected chi connectivity index (χ1v) is 6.37. The zero-order valence-electron chi connectivity index (χ0n) is 13.1. The smallest absolute Gasteiger partial charge is 0.195 e. The predicted octanol–water partition coefficient (Wildman–Crippen LogP) is 0.502. The van der Waals surface area contributed by atoms with Gasteiger partial charge in [-0.3, -0.25) is 9.67 Å². The Morgan fingerprint density at radius 2 is 1.79 bits per heavy atom. The quantitative estimate of drug-likeness (QED) is 0.588. The minimum Gasteiger partial charge on any atom is -0.349 e. The van der Waals surface area contributed by atoms with Crippen molar-refractivity contribution >= 4 is 5.96 Å². The molecule has 0 bridgehead atoms. The van der Waals surface area contributed by atoms with E-state index in [2.05, 4.69) is 24.1 Å². The molecule has 1 heterocycles. The van der Waals surface area contributed by atoms with Crippen molar-refractivity contribution < 1.29 is 0 Å². The van der Waals surface area contributed by atoms with Gasteiger partial charge in [0.2, 0.25) is 0 Å². The highest BCUT2D eigenvalue weighted by molar-refractivity contribution is 5.79. The molecule has 0 aliphatic rings. The lowest BCUT2D eigenvalue weighted by Gasteiger charge is -2.26. The van der Waals surface area contributed by atoms with Crippen molar-refractivity contribution in [2.45, 2.75) is 6.04 Å². The zero-order chi connectivity index (χ0) is 14.6. The fourth-order valence-electron chi connectivity index (χ4n) is 2.03. The Morgan fingerprint density at radius 3 is 2.16 bits per heavy atom. The van der Waals surface area contributed by atoms with E-state index in [1.54, 1.807) is 0 Å². The van der Waals surface area contributed by atoms with Gasteiger partial charge in [-0.05, 0) is 14.1 Å². The van der Waals surface area contributed by atoms with E-state index in [4.69, 9.17) is 4.99 Å². The van der Waals surface area contributed by atoms with Crippen LogP contribution in [0.2, 0.25) is 0 Å². The average molecular weight is 266 g/mol. The van der Waals surface area contributed by atoms with Crippen molar-refractivity contribution in [2.24, 2.45) is 12.0 Å². The van der Waals surface area contributed by atoms with Gasteiger partial charge in [0.05, 0.1) is 18.8 Å². The second-order valence-electron chi connectivity index (χ2n) is 5.36. The van der Waals surface area contributed by atoms with Crippen LogP contribution in [0.1, 0.15) is 11.6 Å². The summed E-state index contributed by atoms with van der Waals surface area (Å²) in [5, 5.41) is 4.24. The molecular weight excluding hydrogens is 240 g/mol. The number of aromatic nitrogens is 2. The molecule has 6 nitrogen and oxygen atoms in total. The summed E-state index contributed by atoms with van der Waals surface area (Å²) in [6.07, 6.45) is 3.95. The summed E-state index contributed by atoms with van der Waals surface area (Å²) in [5.41, 5.74) is 1.19. The lowest BCUT2D eigenvalue weighted by Crippen LogP contribution is -2.36. The molecule has 1 atom stereocenters. The first-order valence-electron chi connectivity index (χ1n) is 6.37. The Kier molecular flexibility index (Phi) is 5.35. The van der Waals surface area contributed by atoms with Crippen LogP contribution < -0.4 is 0 Å². The van der Waals surface area contributed by atoms with Crippen molar-refractivity contribution in [3.63, 3.8) is 0 Å². The molecular formula is C13H26N6. The number of hydrogen-bond acceptors (Lipinski definition) is 3. The molecule has 0 aliphatic carbocycles. The van der Waals surface area contributed by atoms with Gasteiger partial charge >= 0.3 is 0 Å². The summed E-state index contributed by atoms with van der Waals surface area (Å²) in [5.74, 6) is 0.968. The van der Waals surface area contributed by atoms with E-state index < -0.39 is 0 Å². The fraction of sp³-hybridized carbons (Fsp3) is 0.692. The molecule has 0 saturated heterocycles. The van der Waals surface area contributed by atoms with Crippen LogP contribution in [0.15, 0.2) is 17.4 Å². The van der Waals surface area contributed by atoms with Gasteiger partial charge in [0.1, 0.15) is 0 Å². The van der Waals surface area contributed by atoms with E-state index in [1.807, 2.05) is 62.1 Å². The highest BCUT2D eigenvalue weighted by Crippen LogP contribution is 2.17. The van der Waals surface area contributed by atoms with Crippen molar-refractivity contribution in [3.05, 3.63) is 18.0 Å². The minimum atomic E-state index is 0.239. The fourth-order valence-corrected chi connectivity index (χ4v) is 2.03. The molecule has 0 spiro atoms. The van der Waals surface area contributed by atoms with Crippen LogP contribution in [-0.4, -0.2) is 79.3 Å². The van der Waals surface area contributed by atoms with E-state index in [-0.39, 0.29) is 6.04 Å².